The fourth-order valence-electron chi connectivity index (χ4n) is 4.52. The highest BCUT2D eigenvalue weighted by molar-refractivity contribution is 6.21. The van der Waals surface area contributed by atoms with Gasteiger partial charge < -0.3 is 0 Å². The van der Waals surface area contributed by atoms with E-state index < -0.39 is 0 Å². The van der Waals surface area contributed by atoms with E-state index in [2.05, 4.69) is 21.8 Å². The van der Waals surface area contributed by atoms with Crippen LogP contribution in [0.5, 0.6) is 0 Å². The van der Waals surface area contributed by atoms with E-state index in [1.54, 1.807) is 12.1 Å². The molecule has 0 saturated carbocycles. The van der Waals surface area contributed by atoms with Gasteiger partial charge in [-0.05, 0) is 62.0 Å². The Labute approximate surface area is 196 Å². The number of nitrogens with zero attached hydrogens (tertiary/aromatic N) is 4. The lowest BCUT2D eigenvalue weighted by Gasteiger charge is -2.18. The summed E-state index contributed by atoms with van der Waals surface area (Å²) < 4.78 is 0. The molecule has 5 aromatic rings. The molecule has 4 heteroatoms. The van der Waals surface area contributed by atoms with Crippen LogP contribution in [0.2, 0.25) is 0 Å². The molecule has 5 aromatic carbocycles. The van der Waals surface area contributed by atoms with Gasteiger partial charge in [-0.2, -0.15) is 10.5 Å². The number of benzene rings is 5. The fraction of sp³-hybridized carbons (Fsp3) is 0. The minimum Gasteiger partial charge on any atom is -0.239 e. The number of nitriles is 2. The van der Waals surface area contributed by atoms with Crippen LogP contribution in [0.25, 0.3) is 53.5 Å². The highest BCUT2D eigenvalue weighted by atomic mass is 14.7. The van der Waals surface area contributed by atoms with Crippen LogP contribution in [0.4, 0.5) is 11.4 Å². The van der Waals surface area contributed by atoms with E-state index in [4.69, 9.17) is 13.1 Å². The van der Waals surface area contributed by atoms with Gasteiger partial charge in [0, 0.05) is 0 Å². The first-order chi connectivity index (χ1) is 16.7. The predicted molar refractivity (Wildman–Crippen MR) is 134 cm³/mol. The monoisotopic (exact) mass is 430 g/mol. The second-order valence-corrected chi connectivity index (χ2v) is 7.83. The molecule has 154 valence electrons. The zero-order valence-electron chi connectivity index (χ0n) is 17.9. The second-order valence-electron chi connectivity index (χ2n) is 7.83. The van der Waals surface area contributed by atoms with Gasteiger partial charge in [0.2, 0.25) is 0 Å². The van der Waals surface area contributed by atoms with Gasteiger partial charge in [0.25, 0.3) is 0 Å². The van der Waals surface area contributed by atoms with E-state index in [9.17, 15) is 10.5 Å². The van der Waals surface area contributed by atoms with Crippen LogP contribution in [0.3, 0.4) is 0 Å². The highest BCUT2D eigenvalue weighted by Gasteiger charge is 2.18. The highest BCUT2D eigenvalue weighted by Crippen LogP contribution is 2.45. The first kappa shape index (κ1) is 20.5. The molecule has 0 N–H and O–H groups in total. The van der Waals surface area contributed by atoms with Crippen molar-refractivity contribution in [3.8, 4) is 34.4 Å². The lowest BCUT2D eigenvalue weighted by molar-refractivity contribution is 1.45. The maximum absolute atomic E-state index is 9.54. The van der Waals surface area contributed by atoms with E-state index in [0.717, 1.165) is 43.8 Å². The standard InChI is InChI=1S/C30H14N4/c1-33-23-14-22(15-24(16-23)34-2)30-27-9-5-3-7-25(27)29(26-8-4-6-10-28(26)30)21-12-19(17-31)11-20(13-21)18-32/h3-16H. The van der Waals surface area contributed by atoms with Crippen molar-refractivity contribution in [3.63, 3.8) is 0 Å². The van der Waals surface area contributed by atoms with Crippen LogP contribution in [0.1, 0.15) is 11.1 Å². The Kier molecular flexibility index (Phi) is 4.97. The summed E-state index contributed by atoms with van der Waals surface area (Å²) in [4.78, 5) is 7.15. The Hall–Kier alpha value is -5.42. The van der Waals surface area contributed by atoms with Crippen LogP contribution >= 0.6 is 0 Å². The molecule has 4 nitrogen and oxygen atoms in total. The average molecular weight is 430 g/mol. The van der Waals surface area contributed by atoms with Crippen molar-refractivity contribution in [1.82, 2.24) is 0 Å². The van der Waals surface area contributed by atoms with Crippen LogP contribution in [0, 0.1) is 35.8 Å². The van der Waals surface area contributed by atoms with Crippen molar-refractivity contribution in [2.45, 2.75) is 0 Å². The summed E-state index contributed by atoms with van der Waals surface area (Å²) in [6.45, 7) is 15.0. The van der Waals surface area contributed by atoms with Gasteiger partial charge in [-0.1, -0.05) is 66.7 Å². The third kappa shape index (κ3) is 3.30. The second kappa shape index (κ2) is 8.26. The summed E-state index contributed by atoms with van der Waals surface area (Å²) in [5, 5.41) is 22.9. The van der Waals surface area contributed by atoms with Crippen molar-refractivity contribution in [2.24, 2.45) is 0 Å². The fourth-order valence-corrected chi connectivity index (χ4v) is 4.52. The smallest absolute Gasteiger partial charge is 0.177 e. The molecule has 0 unspecified atom stereocenters. The van der Waals surface area contributed by atoms with Crippen molar-refractivity contribution >= 4 is 32.9 Å². The van der Waals surface area contributed by atoms with Crippen LogP contribution in [0.15, 0.2) is 84.9 Å². The van der Waals surface area contributed by atoms with Gasteiger partial charge in [0.05, 0.1) is 36.4 Å². The molecular weight excluding hydrogens is 416 g/mol. The third-order valence-corrected chi connectivity index (χ3v) is 5.86. The molecule has 5 rings (SSSR count). The maximum atomic E-state index is 9.54. The quantitative estimate of drug-likeness (QED) is 0.209. The van der Waals surface area contributed by atoms with Crippen LogP contribution in [-0.4, -0.2) is 0 Å². The molecule has 0 aliphatic rings. The molecule has 0 atom stereocenters. The first-order valence-corrected chi connectivity index (χ1v) is 10.5. The lowest BCUT2D eigenvalue weighted by Crippen LogP contribution is -1.92. The molecule has 0 spiro atoms. The summed E-state index contributed by atoms with van der Waals surface area (Å²) >= 11 is 0. The molecule has 0 aromatic heterocycles. The minimum absolute atomic E-state index is 0.418. The van der Waals surface area contributed by atoms with Crippen LogP contribution in [-0.2, 0) is 0 Å². The molecule has 0 radical (unpaired) electrons. The van der Waals surface area contributed by atoms with Crippen molar-refractivity contribution in [1.29, 1.82) is 10.5 Å². The molecule has 0 fully saturated rings. The van der Waals surface area contributed by atoms with E-state index in [0.29, 0.717) is 22.5 Å². The third-order valence-electron chi connectivity index (χ3n) is 5.86. The van der Waals surface area contributed by atoms with Gasteiger partial charge >= 0.3 is 0 Å². The Morgan fingerprint density at radius 2 is 0.912 bits per heavy atom. The zero-order valence-corrected chi connectivity index (χ0v) is 17.9. The summed E-state index contributed by atoms with van der Waals surface area (Å²) in [6, 6.07) is 30.7. The van der Waals surface area contributed by atoms with Gasteiger partial charge in [-0.3, -0.25) is 0 Å². The lowest BCUT2D eigenvalue weighted by atomic mass is 9.85. The van der Waals surface area contributed by atoms with Gasteiger partial charge in [-0.15, -0.1) is 0 Å². The summed E-state index contributed by atoms with van der Waals surface area (Å²) in [6.07, 6.45) is 0. The van der Waals surface area contributed by atoms with Crippen molar-refractivity contribution in [3.05, 3.63) is 119 Å². The molecule has 0 amide bonds. The number of rotatable bonds is 2. The van der Waals surface area contributed by atoms with Crippen LogP contribution < -0.4 is 0 Å². The maximum Gasteiger partial charge on any atom is 0.177 e. The van der Waals surface area contributed by atoms with E-state index >= 15 is 0 Å². The Morgan fingerprint density at radius 3 is 1.26 bits per heavy atom. The summed E-state index contributed by atoms with van der Waals surface area (Å²) in [5.74, 6) is 0. The molecule has 0 aliphatic carbocycles. The average Bonchev–Trinajstić information content (AvgIpc) is 2.90. The molecule has 0 bridgehead atoms. The molecular formula is C30H14N4. The van der Waals surface area contributed by atoms with Crippen molar-refractivity contribution < 1.29 is 0 Å². The van der Waals surface area contributed by atoms with E-state index in [1.807, 2.05) is 72.8 Å². The van der Waals surface area contributed by atoms with E-state index in [-0.39, 0.29) is 0 Å². The van der Waals surface area contributed by atoms with Crippen molar-refractivity contribution in [2.75, 3.05) is 0 Å². The predicted octanol–water partition coefficient (Wildman–Crippen LogP) is 8.17. The minimum atomic E-state index is 0.418. The number of fused-ring (bicyclic) bond motifs is 2. The Balaban J connectivity index is 1.98. The Morgan fingerprint density at radius 1 is 0.529 bits per heavy atom. The number of hydrogen-bond acceptors (Lipinski definition) is 2. The first-order valence-electron chi connectivity index (χ1n) is 10.5. The van der Waals surface area contributed by atoms with Gasteiger partial charge in [-0.25, -0.2) is 9.69 Å². The van der Waals surface area contributed by atoms with E-state index in [1.165, 1.54) is 0 Å². The Bertz CT molecular complexity index is 1550. The molecule has 0 heterocycles. The zero-order chi connectivity index (χ0) is 23.7. The SMILES string of the molecule is [C-]#[N+]c1cc([N+]#[C-])cc(-c2c3ccccc3c(-c3cc(C#N)cc(C#N)c3)c3ccccc23)c1. The topological polar surface area (TPSA) is 56.3 Å². The number of hydrogen-bond donors (Lipinski definition) is 0. The summed E-state index contributed by atoms with van der Waals surface area (Å²) in [7, 11) is 0. The largest absolute Gasteiger partial charge is 0.239 e. The molecule has 34 heavy (non-hydrogen) atoms. The normalized spacial score (nSPS) is 10.2. The molecule has 0 aliphatic heterocycles. The van der Waals surface area contributed by atoms with Gasteiger partial charge in [0.1, 0.15) is 0 Å². The van der Waals surface area contributed by atoms with Gasteiger partial charge in [0.15, 0.2) is 11.4 Å². The summed E-state index contributed by atoms with van der Waals surface area (Å²) in [5.41, 5.74) is 5.18. The molecule has 0 saturated heterocycles.